The minimum Gasteiger partial charge on any atom is -0.382 e. The molecule has 4 heteroatoms. The van der Waals surface area contributed by atoms with Gasteiger partial charge in [0.05, 0.1) is 19.3 Å². The van der Waals surface area contributed by atoms with E-state index in [2.05, 4.69) is 22.2 Å². The number of benzene rings is 1. The molecule has 0 spiro atoms. The second kappa shape index (κ2) is 9.53. The summed E-state index contributed by atoms with van der Waals surface area (Å²) in [4.78, 5) is 0. The lowest BCUT2D eigenvalue weighted by Crippen LogP contribution is -2.28. The Balaban J connectivity index is 1.54. The molecule has 0 N–H and O–H groups in total. The van der Waals surface area contributed by atoms with Crippen molar-refractivity contribution in [2.45, 2.75) is 38.3 Å². The summed E-state index contributed by atoms with van der Waals surface area (Å²) in [6.07, 6.45) is 6.39. The highest BCUT2D eigenvalue weighted by Gasteiger charge is 2.22. The van der Waals surface area contributed by atoms with Gasteiger partial charge >= 0.3 is 0 Å². The van der Waals surface area contributed by atoms with Gasteiger partial charge in [0.1, 0.15) is 0 Å². The van der Waals surface area contributed by atoms with Gasteiger partial charge in [0, 0.05) is 26.5 Å². The third-order valence-corrected chi connectivity index (χ3v) is 3.67. The first-order chi connectivity index (χ1) is 10.4. The second-order valence-electron chi connectivity index (χ2n) is 5.39. The van der Waals surface area contributed by atoms with Gasteiger partial charge in [-0.25, -0.2) is 0 Å². The van der Waals surface area contributed by atoms with Gasteiger partial charge in [0.25, 0.3) is 0 Å². The molecule has 1 heterocycles. The second-order valence-corrected chi connectivity index (χ2v) is 5.39. The molecular weight excluding hydrogens is 264 g/mol. The van der Waals surface area contributed by atoms with E-state index in [1.165, 1.54) is 18.4 Å². The topological polar surface area (TPSA) is 34.1 Å². The molecule has 0 unspecified atom stereocenters. The van der Waals surface area contributed by atoms with E-state index in [0.29, 0.717) is 12.6 Å². The zero-order chi connectivity index (χ0) is 14.8. The third kappa shape index (κ3) is 5.86. The van der Waals surface area contributed by atoms with Crippen molar-refractivity contribution in [2.24, 2.45) is 5.10 Å². The van der Waals surface area contributed by atoms with Crippen molar-refractivity contribution in [3.05, 3.63) is 35.9 Å². The predicted molar refractivity (Wildman–Crippen MR) is 85.4 cm³/mol. The third-order valence-electron chi connectivity index (χ3n) is 3.67. The van der Waals surface area contributed by atoms with E-state index in [0.717, 1.165) is 32.6 Å². The van der Waals surface area contributed by atoms with Crippen LogP contribution in [0.2, 0.25) is 0 Å². The Kier molecular flexibility index (Phi) is 7.25. The average molecular weight is 290 g/mol. The van der Waals surface area contributed by atoms with Gasteiger partial charge in [-0.05, 0) is 31.2 Å². The first kappa shape index (κ1) is 16.0. The molecule has 0 saturated carbocycles. The molecule has 1 saturated heterocycles. The van der Waals surface area contributed by atoms with Gasteiger partial charge in [-0.2, -0.15) is 5.10 Å². The Hall–Kier alpha value is -1.39. The van der Waals surface area contributed by atoms with Crippen LogP contribution in [0, 0.1) is 0 Å². The molecule has 1 fully saturated rings. The van der Waals surface area contributed by atoms with Crippen LogP contribution in [-0.2, 0) is 16.1 Å². The van der Waals surface area contributed by atoms with Gasteiger partial charge in [-0.15, -0.1) is 0 Å². The standard InChI is InChI=1S/C17H26N2O2/c1-20-15-17-10-7-12-19(17)18-11-5-6-13-21-14-16-8-3-2-4-9-16/h2-4,8-9,11,17H,5-7,10,12-15H2,1H3/b18-11+/t17-/m0/s1. The maximum Gasteiger partial charge on any atom is 0.0716 e. The number of nitrogens with zero attached hydrogens (tertiary/aromatic N) is 2. The molecule has 4 nitrogen and oxygen atoms in total. The zero-order valence-electron chi connectivity index (χ0n) is 12.9. The fraction of sp³-hybridized carbons (Fsp3) is 0.588. The lowest BCUT2D eigenvalue weighted by Gasteiger charge is -2.20. The van der Waals surface area contributed by atoms with Gasteiger partial charge in [-0.1, -0.05) is 30.3 Å². The molecule has 0 amide bonds. The van der Waals surface area contributed by atoms with Crippen LogP contribution in [0.15, 0.2) is 35.4 Å². The molecule has 2 rings (SSSR count). The van der Waals surface area contributed by atoms with Gasteiger partial charge in [0.15, 0.2) is 0 Å². The first-order valence-corrected chi connectivity index (χ1v) is 7.80. The van der Waals surface area contributed by atoms with Crippen molar-refractivity contribution in [1.82, 2.24) is 5.01 Å². The van der Waals surface area contributed by atoms with Crippen LogP contribution >= 0.6 is 0 Å². The molecule has 0 aliphatic carbocycles. The molecule has 0 bridgehead atoms. The number of methoxy groups -OCH3 is 1. The Bertz CT molecular complexity index is 409. The van der Waals surface area contributed by atoms with E-state index in [-0.39, 0.29) is 0 Å². The number of unbranched alkanes of at least 4 members (excludes halogenated alkanes) is 1. The average Bonchev–Trinajstić information content (AvgIpc) is 2.95. The van der Waals surface area contributed by atoms with Crippen molar-refractivity contribution >= 4 is 6.21 Å². The lowest BCUT2D eigenvalue weighted by molar-refractivity contribution is 0.116. The molecule has 1 aromatic rings. The van der Waals surface area contributed by atoms with Crippen LogP contribution < -0.4 is 0 Å². The van der Waals surface area contributed by atoms with Crippen LogP contribution in [0.25, 0.3) is 0 Å². The van der Waals surface area contributed by atoms with Crippen LogP contribution in [0.1, 0.15) is 31.2 Å². The fourth-order valence-corrected chi connectivity index (χ4v) is 2.54. The van der Waals surface area contributed by atoms with Gasteiger partial charge in [0.2, 0.25) is 0 Å². The summed E-state index contributed by atoms with van der Waals surface area (Å²) in [7, 11) is 1.75. The highest BCUT2D eigenvalue weighted by molar-refractivity contribution is 5.56. The molecule has 1 atom stereocenters. The van der Waals surface area contributed by atoms with E-state index in [1.807, 2.05) is 24.4 Å². The molecule has 1 aliphatic rings. The van der Waals surface area contributed by atoms with E-state index in [1.54, 1.807) is 7.11 Å². The lowest BCUT2D eigenvalue weighted by atomic mass is 10.2. The number of ether oxygens (including phenoxy) is 2. The Morgan fingerprint density at radius 1 is 1.33 bits per heavy atom. The molecule has 116 valence electrons. The van der Waals surface area contributed by atoms with Crippen LogP contribution in [0.3, 0.4) is 0 Å². The molecule has 21 heavy (non-hydrogen) atoms. The highest BCUT2D eigenvalue weighted by atomic mass is 16.5. The summed E-state index contributed by atoms with van der Waals surface area (Å²) < 4.78 is 10.9. The van der Waals surface area contributed by atoms with Gasteiger partial charge in [-0.3, -0.25) is 5.01 Å². The summed E-state index contributed by atoms with van der Waals surface area (Å²) in [6, 6.07) is 10.7. The van der Waals surface area contributed by atoms with Crippen molar-refractivity contribution in [2.75, 3.05) is 26.9 Å². The van der Waals surface area contributed by atoms with E-state index < -0.39 is 0 Å². The van der Waals surface area contributed by atoms with Crippen LogP contribution in [0.5, 0.6) is 0 Å². The maximum absolute atomic E-state index is 5.66. The molecule has 0 aromatic heterocycles. The van der Waals surface area contributed by atoms with Crippen LogP contribution in [-0.4, -0.2) is 44.1 Å². The quantitative estimate of drug-likeness (QED) is 0.518. The molecule has 1 aromatic carbocycles. The van der Waals surface area contributed by atoms with Crippen LogP contribution in [0.4, 0.5) is 0 Å². The minimum absolute atomic E-state index is 0.459. The van der Waals surface area contributed by atoms with Crippen molar-refractivity contribution in [3.8, 4) is 0 Å². The number of hydrazone groups is 1. The monoisotopic (exact) mass is 290 g/mol. The van der Waals surface area contributed by atoms with Crippen molar-refractivity contribution in [1.29, 1.82) is 0 Å². The fourth-order valence-electron chi connectivity index (χ4n) is 2.54. The zero-order valence-corrected chi connectivity index (χ0v) is 12.9. The number of rotatable bonds is 9. The van der Waals surface area contributed by atoms with Gasteiger partial charge < -0.3 is 9.47 Å². The van der Waals surface area contributed by atoms with Crippen molar-refractivity contribution in [3.63, 3.8) is 0 Å². The maximum atomic E-state index is 5.66. The Morgan fingerprint density at radius 3 is 3.00 bits per heavy atom. The first-order valence-electron chi connectivity index (χ1n) is 7.80. The SMILES string of the molecule is COC[C@@H]1CCCN1/N=C/CCCOCc1ccccc1. The Labute approximate surface area is 127 Å². The summed E-state index contributed by atoms with van der Waals surface area (Å²) in [5.74, 6) is 0. The smallest absolute Gasteiger partial charge is 0.0716 e. The summed E-state index contributed by atoms with van der Waals surface area (Å²) >= 11 is 0. The van der Waals surface area contributed by atoms with E-state index in [9.17, 15) is 0 Å². The minimum atomic E-state index is 0.459. The number of hydrogen-bond acceptors (Lipinski definition) is 4. The number of hydrogen-bond donors (Lipinski definition) is 0. The summed E-state index contributed by atoms with van der Waals surface area (Å²) in [5, 5.41) is 6.71. The summed E-state index contributed by atoms with van der Waals surface area (Å²) in [5.41, 5.74) is 1.23. The van der Waals surface area contributed by atoms with E-state index in [4.69, 9.17) is 9.47 Å². The van der Waals surface area contributed by atoms with Crippen molar-refractivity contribution < 1.29 is 9.47 Å². The predicted octanol–water partition coefficient (Wildman–Crippen LogP) is 3.08. The largest absolute Gasteiger partial charge is 0.382 e. The molecular formula is C17H26N2O2. The molecule has 0 radical (unpaired) electrons. The molecule has 1 aliphatic heterocycles. The Morgan fingerprint density at radius 2 is 2.19 bits per heavy atom. The van der Waals surface area contributed by atoms with E-state index >= 15 is 0 Å². The normalized spacial score (nSPS) is 18.7. The summed E-state index contributed by atoms with van der Waals surface area (Å²) in [6.45, 7) is 3.30. The highest BCUT2D eigenvalue weighted by Crippen LogP contribution is 2.17.